The molecular weight excluding hydrogens is 256 g/mol. The number of benzene rings is 1. The zero-order valence-electron chi connectivity index (χ0n) is 10.7. The van der Waals surface area contributed by atoms with E-state index in [4.69, 9.17) is 10.5 Å². The third kappa shape index (κ3) is 2.62. The minimum absolute atomic E-state index is 0.0992. The molecule has 0 spiro atoms. The van der Waals surface area contributed by atoms with Crippen molar-refractivity contribution in [2.24, 2.45) is 10.1 Å². The lowest BCUT2D eigenvalue weighted by atomic mass is 10.2. The Morgan fingerprint density at radius 2 is 2.20 bits per heavy atom. The molecule has 0 atom stereocenters. The summed E-state index contributed by atoms with van der Waals surface area (Å²) in [7, 11) is 0. The van der Waals surface area contributed by atoms with E-state index in [1.54, 1.807) is 43.3 Å². The van der Waals surface area contributed by atoms with E-state index in [1.165, 1.54) is 4.90 Å². The van der Waals surface area contributed by atoms with Crippen LogP contribution >= 0.6 is 0 Å². The van der Waals surface area contributed by atoms with Crippen molar-refractivity contribution in [1.29, 1.82) is 10.5 Å². The first-order valence-corrected chi connectivity index (χ1v) is 5.73. The number of nitrogens with one attached hydrogen (secondary N) is 1. The summed E-state index contributed by atoms with van der Waals surface area (Å²) in [5, 5.41) is 20.8. The van der Waals surface area contributed by atoms with Gasteiger partial charge in [-0.1, -0.05) is 6.07 Å². The summed E-state index contributed by atoms with van der Waals surface area (Å²) in [6, 6.07) is 10.2. The maximum absolute atomic E-state index is 11.7. The van der Waals surface area contributed by atoms with Gasteiger partial charge in [-0.15, -0.1) is 0 Å². The van der Waals surface area contributed by atoms with Gasteiger partial charge in [0.1, 0.15) is 24.5 Å². The molecule has 1 heterocycles. The van der Waals surface area contributed by atoms with Gasteiger partial charge in [0.15, 0.2) is 0 Å². The molecule has 2 rings (SSSR count). The average molecular weight is 266 g/mol. The first kappa shape index (κ1) is 13.2. The van der Waals surface area contributed by atoms with Crippen LogP contribution in [0.5, 0.6) is 0 Å². The van der Waals surface area contributed by atoms with Crippen molar-refractivity contribution in [1.82, 2.24) is 0 Å². The fourth-order valence-corrected chi connectivity index (χ4v) is 1.74. The van der Waals surface area contributed by atoms with Crippen LogP contribution in [0.1, 0.15) is 6.92 Å². The first-order chi connectivity index (χ1) is 9.65. The van der Waals surface area contributed by atoms with E-state index in [-0.39, 0.29) is 18.2 Å². The standard InChI is InChI=1S/C13H10N6O/c1-9-16-8-13(20)19(9)12-4-2-3-10(5-12)17-18-11(6-14)7-15/h2-5,17H,8H2,1H3. The largest absolute Gasteiger partial charge is 0.276 e. The molecule has 1 aliphatic heterocycles. The molecule has 1 aliphatic rings. The third-order valence-electron chi connectivity index (χ3n) is 2.63. The van der Waals surface area contributed by atoms with Gasteiger partial charge in [0.2, 0.25) is 5.71 Å². The Kier molecular flexibility index (Phi) is 3.73. The van der Waals surface area contributed by atoms with Gasteiger partial charge in [0.05, 0.1) is 11.4 Å². The number of carbonyl (C=O) groups is 1. The Balaban J connectivity index is 2.24. The van der Waals surface area contributed by atoms with Gasteiger partial charge in [0, 0.05) is 0 Å². The molecule has 0 fully saturated rings. The van der Waals surface area contributed by atoms with Crippen molar-refractivity contribution in [2.75, 3.05) is 16.9 Å². The third-order valence-corrected chi connectivity index (χ3v) is 2.63. The highest BCUT2D eigenvalue weighted by atomic mass is 16.2. The van der Waals surface area contributed by atoms with Crippen LogP contribution in [0, 0.1) is 22.7 Å². The zero-order chi connectivity index (χ0) is 14.5. The quantitative estimate of drug-likeness (QED) is 0.656. The molecule has 7 heteroatoms. The smallest absolute Gasteiger partial charge is 0.254 e. The minimum atomic E-state index is -0.273. The lowest BCUT2D eigenvalue weighted by molar-refractivity contribution is -0.115. The lowest BCUT2D eigenvalue weighted by Crippen LogP contribution is -2.30. The topological polar surface area (TPSA) is 105 Å². The SMILES string of the molecule is CC1=NCC(=O)N1c1cccc(NN=C(C#N)C#N)c1. The van der Waals surface area contributed by atoms with Gasteiger partial charge >= 0.3 is 0 Å². The predicted molar refractivity (Wildman–Crippen MR) is 74.2 cm³/mol. The van der Waals surface area contributed by atoms with Crippen LogP contribution in [-0.4, -0.2) is 24.0 Å². The van der Waals surface area contributed by atoms with E-state index in [9.17, 15) is 4.79 Å². The number of nitriles is 2. The Morgan fingerprint density at radius 1 is 1.45 bits per heavy atom. The zero-order valence-corrected chi connectivity index (χ0v) is 10.7. The molecule has 0 bridgehead atoms. The molecule has 1 aromatic carbocycles. The number of aliphatic imine (C=N–C) groups is 1. The molecule has 0 radical (unpaired) electrons. The fourth-order valence-electron chi connectivity index (χ4n) is 1.74. The van der Waals surface area contributed by atoms with Crippen molar-refractivity contribution in [3.8, 4) is 12.1 Å². The highest BCUT2D eigenvalue weighted by molar-refractivity contribution is 6.20. The molecular formula is C13H10N6O. The number of nitrogens with zero attached hydrogens (tertiary/aromatic N) is 5. The molecule has 1 N–H and O–H groups in total. The van der Waals surface area contributed by atoms with Crippen molar-refractivity contribution in [3.63, 3.8) is 0 Å². The van der Waals surface area contributed by atoms with E-state index < -0.39 is 0 Å². The predicted octanol–water partition coefficient (Wildman–Crippen LogP) is 1.27. The first-order valence-electron chi connectivity index (χ1n) is 5.73. The van der Waals surface area contributed by atoms with Crippen LogP contribution in [-0.2, 0) is 4.79 Å². The Bertz CT molecular complexity index is 676. The van der Waals surface area contributed by atoms with Crippen LogP contribution in [0.3, 0.4) is 0 Å². The monoisotopic (exact) mass is 266 g/mol. The number of carbonyl (C=O) groups excluding carboxylic acids is 1. The van der Waals surface area contributed by atoms with Gasteiger partial charge in [0.25, 0.3) is 5.91 Å². The highest BCUT2D eigenvalue weighted by Crippen LogP contribution is 2.22. The summed E-state index contributed by atoms with van der Waals surface area (Å²) in [4.78, 5) is 17.3. The van der Waals surface area contributed by atoms with Crippen LogP contribution in [0.25, 0.3) is 0 Å². The van der Waals surface area contributed by atoms with Crippen LogP contribution in [0.4, 0.5) is 11.4 Å². The molecule has 0 aromatic heterocycles. The number of rotatable bonds is 3. The molecule has 1 amide bonds. The normalized spacial score (nSPS) is 13.2. The molecule has 0 aliphatic carbocycles. The van der Waals surface area contributed by atoms with Gasteiger partial charge in [-0.05, 0) is 25.1 Å². The number of hydrazone groups is 1. The second kappa shape index (κ2) is 5.63. The van der Waals surface area contributed by atoms with Crippen LogP contribution in [0.15, 0.2) is 34.4 Å². The molecule has 7 nitrogen and oxygen atoms in total. The fraction of sp³-hybridized carbons (Fsp3) is 0.154. The molecule has 0 saturated carbocycles. The molecule has 20 heavy (non-hydrogen) atoms. The van der Waals surface area contributed by atoms with Gasteiger partial charge < -0.3 is 0 Å². The number of hydrogen-bond acceptors (Lipinski definition) is 6. The van der Waals surface area contributed by atoms with E-state index in [1.807, 2.05) is 0 Å². The van der Waals surface area contributed by atoms with Crippen molar-refractivity contribution in [2.45, 2.75) is 6.92 Å². The van der Waals surface area contributed by atoms with Crippen molar-refractivity contribution in [3.05, 3.63) is 24.3 Å². The summed E-state index contributed by atoms with van der Waals surface area (Å²) in [6.45, 7) is 1.90. The van der Waals surface area contributed by atoms with Crippen LogP contribution in [0.2, 0.25) is 0 Å². The number of amidine groups is 1. The second-order valence-corrected chi connectivity index (χ2v) is 3.94. The molecule has 98 valence electrons. The lowest BCUT2D eigenvalue weighted by Gasteiger charge is -2.16. The van der Waals surface area contributed by atoms with Crippen LogP contribution < -0.4 is 10.3 Å². The Labute approximate surface area is 115 Å². The second-order valence-electron chi connectivity index (χ2n) is 3.94. The average Bonchev–Trinajstić information content (AvgIpc) is 2.79. The maximum Gasteiger partial charge on any atom is 0.254 e. The number of amides is 1. The maximum atomic E-state index is 11.7. The molecule has 0 saturated heterocycles. The van der Waals surface area contributed by atoms with E-state index in [2.05, 4.69) is 15.5 Å². The summed E-state index contributed by atoms with van der Waals surface area (Å²) in [5.41, 5.74) is 3.56. The Hall–Kier alpha value is -3.19. The van der Waals surface area contributed by atoms with Gasteiger partial charge in [-0.25, -0.2) is 0 Å². The minimum Gasteiger partial charge on any atom is -0.276 e. The summed E-state index contributed by atoms with van der Waals surface area (Å²) >= 11 is 0. The molecule has 0 unspecified atom stereocenters. The van der Waals surface area contributed by atoms with Gasteiger partial charge in [-0.2, -0.15) is 15.6 Å². The van der Waals surface area contributed by atoms with E-state index in [0.29, 0.717) is 17.2 Å². The summed E-state index contributed by atoms with van der Waals surface area (Å²) in [6.07, 6.45) is 0. The van der Waals surface area contributed by atoms with E-state index in [0.717, 1.165) is 0 Å². The van der Waals surface area contributed by atoms with E-state index >= 15 is 0 Å². The van der Waals surface area contributed by atoms with Crippen molar-refractivity contribution < 1.29 is 4.79 Å². The molecule has 1 aromatic rings. The highest BCUT2D eigenvalue weighted by Gasteiger charge is 2.23. The summed E-state index contributed by atoms with van der Waals surface area (Å²) in [5.74, 6) is 0.531. The number of anilines is 2. The van der Waals surface area contributed by atoms with Crippen molar-refractivity contribution >= 4 is 28.8 Å². The number of hydrogen-bond donors (Lipinski definition) is 1. The summed E-state index contributed by atoms with van der Waals surface area (Å²) < 4.78 is 0. The van der Waals surface area contributed by atoms with Gasteiger partial charge in [-0.3, -0.25) is 20.1 Å². The Morgan fingerprint density at radius 3 is 2.80 bits per heavy atom.